The zero-order chi connectivity index (χ0) is 17.4. The van der Waals surface area contributed by atoms with Crippen LogP contribution in [-0.4, -0.2) is 46.8 Å². The van der Waals surface area contributed by atoms with Crippen LogP contribution in [0.5, 0.6) is 0 Å². The molecule has 4 rings (SSSR count). The predicted molar refractivity (Wildman–Crippen MR) is 105 cm³/mol. The molecule has 2 aromatic rings. The summed E-state index contributed by atoms with van der Waals surface area (Å²) in [5.74, 6) is 0.122. The number of amides is 1. The Bertz CT molecular complexity index is 785. The first-order valence-corrected chi connectivity index (χ1v) is 9.20. The Hall–Kier alpha value is -1.85. The van der Waals surface area contributed by atoms with Crippen LogP contribution in [0.1, 0.15) is 40.9 Å². The molecule has 2 aliphatic rings. The second-order valence-corrected chi connectivity index (χ2v) is 7.61. The number of carbonyl (C=O) groups is 1. The number of likely N-dealkylation sites (tertiary alicyclic amines) is 1. The summed E-state index contributed by atoms with van der Waals surface area (Å²) in [7, 11) is 0. The fourth-order valence-electron chi connectivity index (χ4n) is 4.22. The van der Waals surface area contributed by atoms with Crippen LogP contribution in [0, 0.1) is 19.3 Å². The van der Waals surface area contributed by atoms with Gasteiger partial charge in [-0.1, -0.05) is 12.1 Å². The average Bonchev–Trinajstić information content (AvgIpc) is 3.22. The van der Waals surface area contributed by atoms with E-state index in [9.17, 15) is 4.79 Å². The molecule has 2 saturated heterocycles. The Morgan fingerprint density at radius 1 is 1.19 bits per heavy atom. The van der Waals surface area contributed by atoms with Gasteiger partial charge >= 0.3 is 0 Å². The van der Waals surface area contributed by atoms with E-state index in [4.69, 9.17) is 0 Å². The molecule has 1 amide bonds. The molecule has 0 bridgehead atoms. The highest BCUT2D eigenvalue weighted by atomic mass is 35.5. The summed E-state index contributed by atoms with van der Waals surface area (Å²) in [5, 5.41) is 7.95. The predicted octanol–water partition coefficient (Wildman–Crippen LogP) is 3.13. The maximum atomic E-state index is 13.0. The van der Waals surface area contributed by atoms with Gasteiger partial charge in [-0.3, -0.25) is 4.79 Å². The van der Waals surface area contributed by atoms with Gasteiger partial charge in [0.25, 0.3) is 5.91 Å². The Balaban J connectivity index is 0.00000196. The average molecular weight is 375 g/mol. The van der Waals surface area contributed by atoms with E-state index in [2.05, 4.69) is 29.5 Å². The number of aromatic nitrogens is 2. The molecule has 3 heterocycles. The third kappa shape index (κ3) is 3.38. The number of piperidine rings is 1. The van der Waals surface area contributed by atoms with Crippen molar-refractivity contribution in [3.8, 4) is 5.69 Å². The summed E-state index contributed by atoms with van der Waals surface area (Å²) in [5.41, 5.74) is 4.26. The third-order valence-electron chi connectivity index (χ3n) is 5.93. The maximum absolute atomic E-state index is 13.0. The SMILES string of the molecule is Cc1cccc(-n2ncc(C(=O)N3CCC4(CCNC4)CC3)c2C)c1.Cl. The van der Waals surface area contributed by atoms with Crippen molar-refractivity contribution >= 4 is 18.3 Å². The van der Waals surface area contributed by atoms with Crippen molar-refractivity contribution in [3.05, 3.63) is 47.3 Å². The van der Waals surface area contributed by atoms with Gasteiger partial charge in [-0.25, -0.2) is 4.68 Å². The zero-order valence-corrected chi connectivity index (χ0v) is 16.3. The Morgan fingerprint density at radius 2 is 1.96 bits per heavy atom. The van der Waals surface area contributed by atoms with Crippen molar-refractivity contribution < 1.29 is 4.79 Å². The molecule has 0 saturated carbocycles. The van der Waals surface area contributed by atoms with E-state index < -0.39 is 0 Å². The first-order chi connectivity index (χ1) is 12.1. The van der Waals surface area contributed by atoms with Crippen LogP contribution in [0.2, 0.25) is 0 Å². The number of nitrogens with one attached hydrogen (secondary N) is 1. The zero-order valence-electron chi connectivity index (χ0n) is 15.5. The van der Waals surface area contributed by atoms with Crippen LogP contribution in [0.25, 0.3) is 5.69 Å². The minimum atomic E-state index is 0. The lowest BCUT2D eigenvalue weighted by Gasteiger charge is -2.38. The molecule has 6 heteroatoms. The summed E-state index contributed by atoms with van der Waals surface area (Å²) in [4.78, 5) is 15.0. The molecule has 1 aromatic heterocycles. The van der Waals surface area contributed by atoms with E-state index in [1.165, 1.54) is 12.0 Å². The smallest absolute Gasteiger partial charge is 0.257 e. The fourth-order valence-corrected chi connectivity index (χ4v) is 4.22. The molecule has 0 unspecified atom stereocenters. The van der Waals surface area contributed by atoms with Crippen LogP contribution < -0.4 is 5.32 Å². The lowest BCUT2D eigenvalue weighted by Crippen LogP contribution is -2.44. The third-order valence-corrected chi connectivity index (χ3v) is 5.93. The van der Waals surface area contributed by atoms with Gasteiger partial charge < -0.3 is 10.2 Å². The number of aryl methyl sites for hydroxylation is 1. The molecule has 2 aliphatic heterocycles. The van der Waals surface area contributed by atoms with Crippen molar-refractivity contribution in [1.82, 2.24) is 20.0 Å². The van der Waals surface area contributed by atoms with Gasteiger partial charge in [0.1, 0.15) is 0 Å². The summed E-state index contributed by atoms with van der Waals surface area (Å²) in [6.45, 7) is 7.99. The molecule has 26 heavy (non-hydrogen) atoms. The highest BCUT2D eigenvalue weighted by Crippen LogP contribution is 2.37. The van der Waals surface area contributed by atoms with E-state index in [0.29, 0.717) is 5.41 Å². The molecule has 0 aliphatic carbocycles. The summed E-state index contributed by atoms with van der Waals surface area (Å²) in [6.07, 6.45) is 5.19. The van der Waals surface area contributed by atoms with Gasteiger partial charge in [0.2, 0.25) is 0 Å². The highest BCUT2D eigenvalue weighted by Gasteiger charge is 2.38. The molecule has 0 radical (unpaired) electrons. The monoisotopic (exact) mass is 374 g/mol. The molecule has 5 nitrogen and oxygen atoms in total. The number of hydrogen-bond acceptors (Lipinski definition) is 3. The van der Waals surface area contributed by atoms with Crippen LogP contribution in [0.3, 0.4) is 0 Å². The molecule has 1 spiro atoms. The van der Waals surface area contributed by atoms with Crippen LogP contribution in [0.4, 0.5) is 0 Å². The Labute approximate surface area is 161 Å². The molecular formula is C20H27ClN4O. The van der Waals surface area contributed by atoms with Gasteiger partial charge in [-0.2, -0.15) is 5.10 Å². The molecule has 1 N–H and O–H groups in total. The molecule has 0 atom stereocenters. The van der Waals surface area contributed by atoms with Gasteiger partial charge in [0.15, 0.2) is 0 Å². The highest BCUT2D eigenvalue weighted by molar-refractivity contribution is 5.95. The van der Waals surface area contributed by atoms with Crippen molar-refractivity contribution in [2.45, 2.75) is 33.1 Å². The Kier molecular flexibility index (Phi) is 5.39. The number of halogens is 1. The first kappa shape index (κ1) is 18.9. The fraction of sp³-hybridized carbons (Fsp3) is 0.500. The quantitative estimate of drug-likeness (QED) is 0.878. The molecule has 1 aromatic carbocycles. The lowest BCUT2D eigenvalue weighted by atomic mass is 9.78. The Morgan fingerprint density at radius 3 is 2.62 bits per heavy atom. The second kappa shape index (κ2) is 7.41. The minimum Gasteiger partial charge on any atom is -0.338 e. The number of rotatable bonds is 2. The van der Waals surface area contributed by atoms with E-state index in [0.717, 1.165) is 56.0 Å². The largest absolute Gasteiger partial charge is 0.338 e. The van der Waals surface area contributed by atoms with Crippen molar-refractivity contribution in [3.63, 3.8) is 0 Å². The van der Waals surface area contributed by atoms with E-state index in [1.54, 1.807) is 6.20 Å². The molecular weight excluding hydrogens is 348 g/mol. The second-order valence-electron chi connectivity index (χ2n) is 7.61. The lowest BCUT2D eigenvalue weighted by molar-refractivity contribution is 0.0607. The van der Waals surface area contributed by atoms with Gasteiger partial charge in [0, 0.05) is 19.6 Å². The van der Waals surface area contributed by atoms with Crippen LogP contribution in [0.15, 0.2) is 30.5 Å². The minimum absolute atomic E-state index is 0. The van der Waals surface area contributed by atoms with Gasteiger partial charge in [0.05, 0.1) is 23.1 Å². The number of benzene rings is 1. The van der Waals surface area contributed by atoms with Crippen LogP contribution in [-0.2, 0) is 0 Å². The van der Waals surface area contributed by atoms with E-state index in [-0.39, 0.29) is 18.3 Å². The van der Waals surface area contributed by atoms with Crippen LogP contribution >= 0.6 is 12.4 Å². The molecule has 2 fully saturated rings. The standard InChI is InChI=1S/C20H26N4O.ClH/c1-15-4-3-5-17(12-15)24-16(2)18(13-22-24)19(25)23-10-7-20(8-11-23)6-9-21-14-20;/h3-5,12-13,21H,6-11,14H2,1-2H3;1H. The van der Waals surface area contributed by atoms with Crippen molar-refractivity contribution in [1.29, 1.82) is 0 Å². The summed E-state index contributed by atoms with van der Waals surface area (Å²) >= 11 is 0. The topological polar surface area (TPSA) is 50.2 Å². The molecule has 140 valence electrons. The van der Waals surface area contributed by atoms with Gasteiger partial charge in [-0.15, -0.1) is 12.4 Å². The number of hydrogen-bond donors (Lipinski definition) is 1. The maximum Gasteiger partial charge on any atom is 0.257 e. The normalized spacial score (nSPS) is 18.8. The van der Waals surface area contributed by atoms with E-state index >= 15 is 0 Å². The number of nitrogens with zero attached hydrogens (tertiary/aromatic N) is 3. The van der Waals surface area contributed by atoms with Crippen molar-refractivity contribution in [2.75, 3.05) is 26.2 Å². The van der Waals surface area contributed by atoms with Crippen molar-refractivity contribution in [2.24, 2.45) is 5.41 Å². The van der Waals surface area contributed by atoms with Gasteiger partial charge in [-0.05, 0) is 62.8 Å². The number of carbonyl (C=O) groups excluding carboxylic acids is 1. The first-order valence-electron chi connectivity index (χ1n) is 9.20. The summed E-state index contributed by atoms with van der Waals surface area (Å²) < 4.78 is 1.87. The van der Waals surface area contributed by atoms with E-state index in [1.807, 2.05) is 28.6 Å². The summed E-state index contributed by atoms with van der Waals surface area (Å²) in [6, 6.07) is 8.20.